The minimum Gasteiger partial charge on any atom is -0.505 e. The largest absolute Gasteiger partial charge is 0.505 e. The van der Waals surface area contributed by atoms with E-state index in [1.807, 2.05) is 4.90 Å². The maximum atomic E-state index is 13.2. The van der Waals surface area contributed by atoms with Crippen LogP contribution in [0.1, 0.15) is 11.6 Å². The number of hydrogen-bond donors (Lipinski definition) is 2. The van der Waals surface area contributed by atoms with Gasteiger partial charge in [0, 0.05) is 26.2 Å². The van der Waals surface area contributed by atoms with E-state index in [1.165, 1.54) is 12.1 Å². The highest BCUT2D eigenvalue weighted by Gasteiger charge is 2.22. The highest BCUT2D eigenvalue weighted by Crippen LogP contribution is 2.25. The number of nitrogens with one attached hydrogen (secondary N) is 1. The zero-order valence-electron chi connectivity index (χ0n) is 10.3. The fourth-order valence-corrected chi connectivity index (χ4v) is 2.12. The molecule has 7 heteroatoms. The molecule has 19 heavy (non-hydrogen) atoms. The third kappa shape index (κ3) is 4.45. The average Bonchev–Trinajstić information content (AvgIpc) is 2.36. The zero-order chi connectivity index (χ0) is 12.3. The molecule has 1 fully saturated rings. The summed E-state index contributed by atoms with van der Waals surface area (Å²) in [6, 6.07) is 3.63. The number of phenols is 1. The molecule has 1 aliphatic heterocycles. The van der Waals surface area contributed by atoms with Crippen molar-refractivity contribution in [2.24, 2.45) is 0 Å². The number of phenolic OH excluding ortho intramolecular Hbond substituents is 1. The van der Waals surface area contributed by atoms with Gasteiger partial charge in [-0.1, -0.05) is 6.07 Å². The quantitative estimate of drug-likeness (QED) is 0.898. The molecule has 0 saturated carbocycles. The topological polar surface area (TPSA) is 35.5 Å². The number of piperazine rings is 1. The van der Waals surface area contributed by atoms with Gasteiger partial charge in [-0.05, 0) is 17.7 Å². The average molecular weight is 315 g/mol. The molecule has 1 saturated heterocycles. The number of benzene rings is 1. The van der Waals surface area contributed by atoms with E-state index in [0.717, 1.165) is 26.2 Å². The summed E-state index contributed by atoms with van der Waals surface area (Å²) in [5, 5.41) is 12.3. The Morgan fingerprint density at radius 1 is 1.26 bits per heavy atom. The Balaban J connectivity index is 0.00000162. The molecule has 1 aromatic rings. The Hall–Kier alpha value is -0.620. The number of alkyl halides is 1. The fourth-order valence-electron chi connectivity index (χ4n) is 2.12. The first-order valence-electron chi connectivity index (χ1n) is 5.71. The van der Waals surface area contributed by atoms with E-state index in [1.54, 1.807) is 6.07 Å². The van der Waals surface area contributed by atoms with Crippen LogP contribution in [0.3, 0.4) is 0 Å². The summed E-state index contributed by atoms with van der Waals surface area (Å²) >= 11 is 0. The summed E-state index contributed by atoms with van der Waals surface area (Å²) < 4.78 is 26.4. The van der Waals surface area contributed by atoms with Crippen LogP contribution in [0.2, 0.25) is 0 Å². The highest BCUT2D eigenvalue weighted by molar-refractivity contribution is 5.85. The van der Waals surface area contributed by atoms with Gasteiger partial charge in [-0.2, -0.15) is 0 Å². The summed E-state index contributed by atoms with van der Waals surface area (Å²) in [5.41, 5.74) is 0.574. The van der Waals surface area contributed by atoms with Gasteiger partial charge in [0.25, 0.3) is 0 Å². The van der Waals surface area contributed by atoms with Crippen LogP contribution in [0.25, 0.3) is 0 Å². The lowest BCUT2D eigenvalue weighted by atomic mass is 10.1. The van der Waals surface area contributed by atoms with Crippen molar-refractivity contribution in [3.05, 3.63) is 29.6 Å². The lowest BCUT2D eigenvalue weighted by molar-refractivity contribution is 0.147. The van der Waals surface area contributed by atoms with Crippen molar-refractivity contribution in [3.63, 3.8) is 0 Å². The molecule has 110 valence electrons. The minimum absolute atomic E-state index is 0. The Morgan fingerprint density at radius 2 is 1.89 bits per heavy atom. The first-order valence-corrected chi connectivity index (χ1v) is 5.71. The summed E-state index contributed by atoms with van der Waals surface area (Å²) in [7, 11) is 0. The second-order valence-corrected chi connectivity index (χ2v) is 4.17. The van der Waals surface area contributed by atoms with E-state index in [4.69, 9.17) is 5.11 Å². The lowest BCUT2D eigenvalue weighted by Crippen LogP contribution is -2.45. The summed E-state index contributed by atoms with van der Waals surface area (Å²) in [5.74, 6) is -1.09. The monoisotopic (exact) mass is 314 g/mol. The molecule has 1 atom stereocenters. The third-order valence-corrected chi connectivity index (χ3v) is 3.10. The lowest BCUT2D eigenvalue weighted by Gasteiger charge is -2.33. The van der Waals surface area contributed by atoms with Crippen molar-refractivity contribution in [1.29, 1.82) is 0 Å². The molecule has 1 aromatic carbocycles. The van der Waals surface area contributed by atoms with Gasteiger partial charge in [0.15, 0.2) is 11.6 Å². The predicted octanol–water partition coefficient (Wildman–Crippen LogP) is 2.29. The summed E-state index contributed by atoms with van der Waals surface area (Å²) in [6.07, 6.45) is 0. The first kappa shape index (κ1) is 18.4. The maximum absolute atomic E-state index is 13.2. The Kier molecular flexibility index (Phi) is 8.25. The minimum atomic E-state index is -0.698. The smallest absolute Gasteiger partial charge is 0.165 e. The Labute approximate surface area is 123 Å². The third-order valence-electron chi connectivity index (χ3n) is 3.10. The molecule has 2 N–H and O–H groups in total. The summed E-state index contributed by atoms with van der Waals surface area (Å²) in [4.78, 5) is 1.99. The molecule has 0 bridgehead atoms. The van der Waals surface area contributed by atoms with E-state index in [9.17, 15) is 8.78 Å². The van der Waals surface area contributed by atoms with Crippen LogP contribution in [0, 0.1) is 5.82 Å². The fraction of sp³-hybridized carbons (Fsp3) is 0.500. The molecule has 2 rings (SSSR count). The van der Waals surface area contributed by atoms with Crippen molar-refractivity contribution < 1.29 is 13.9 Å². The van der Waals surface area contributed by atoms with E-state index < -0.39 is 24.3 Å². The van der Waals surface area contributed by atoms with E-state index >= 15 is 0 Å². The van der Waals surface area contributed by atoms with Crippen molar-refractivity contribution >= 4 is 24.8 Å². The van der Waals surface area contributed by atoms with E-state index in [2.05, 4.69) is 5.32 Å². The SMILES string of the molecule is Cl.Cl.Oc1ccc([C@@H](CF)N2CCNCC2)cc1F. The van der Waals surface area contributed by atoms with E-state index in [0.29, 0.717) is 5.56 Å². The molecule has 0 aromatic heterocycles. The van der Waals surface area contributed by atoms with Crippen molar-refractivity contribution in [3.8, 4) is 5.75 Å². The van der Waals surface area contributed by atoms with Gasteiger partial charge in [0.05, 0.1) is 6.04 Å². The first-order chi connectivity index (χ1) is 8.22. The summed E-state index contributed by atoms with van der Waals surface area (Å²) in [6.45, 7) is 2.58. The van der Waals surface area contributed by atoms with Gasteiger partial charge in [0.1, 0.15) is 6.67 Å². The standard InChI is InChI=1S/C12H16F2N2O.2ClH/c13-8-11(16-5-3-15-4-6-16)9-1-2-12(17)10(14)7-9;;/h1-2,7,11,15,17H,3-6,8H2;2*1H/t11-;;/m1../s1. The normalized spacial score (nSPS) is 17.2. The van der Waals surface area contributed by atoms with Gasteiger partial charge in [-0.3, -0.25) is 4.90 Å². The van der Waals surface area contributed by atoms with Gasteiger partial charge in [-0.15, -0.1) is 24.8 Å². The molecule has 0 radical (unpaired) electrons. The Morgan fingerprint density at radius 3 is 2.42 bits per heavy atom. The molecule has 3 nitrogen and oxygen atoms in total. The zero-order valence-corrected chi connectivity index (χ0v) is 11.9. The van der Waals surface area contributed by atoms with Gasteiger partial charge in [-0.25, -0.2) is 8.78 Å². The van der Waals surface area contributed by atoms with Crippen LogP contribution in [-0.4, -0.2) is 42.9 Å². The number of rotatable bonds is 3. The number of aromatic hydroxyl groups is 1. The second-order valence-electron chi connectivity index (χ2n) is 4.17. The number of nitrogens with zero attached hydrogens (tertiary/aromatic N) is 1. The van der Waals surface area contributed by atoms with Gasteiger partial charge >= 0.3 is 0 Å². The molecule has 1 heterocycles. The van der Waals surface area contributed by atoms with Crippen LogP contribution in [0.15, 0.2) is 18.2 Å². The number of halogens is 4. The van der Waals surface area contributed by atoms with Crippen molar-refractivity contribution in [2.45, 2.75) is 6.04 Å². The highest BCUT2D eigenvalue weighted by atomic mass is 35.5. The molecule has 0 unspecified atom stereocenters. The molecule has 0 spiro atoms. The second kappa shape index (κ2) is 8.53. The molecular weight excluding hydrogens is 297 g/mol. The van der Waals surface area contributed by atoms with Crippen LogP contribution in [-0.2, 0) is 0 Å². The molecule has 0 aliphatic carbocycles. The molecule has 1 aliphatic rings. The molecular formula is C12H18Cl2F2N2O. The van der Waals surface area contributed by atoms with Crippen LogP contribution in [0.4, 0.5) is 8.78 Å². The molecule has 0 amide bonds. The van der Waals surface area contributed by atoms with Gasteiger partial charge < -0.3 is 10.4 Å². The van der Waals surface area contributed by atoms with Crippen molar-refractivity contribution in [1.82, 2.24) is 10.2 Å². The van der Waals surface area contributed by atoms with Crippen molar-refractivity contribution in [2.75, 3.05) is 32.9 Å². The maximum Gasteiger partial charge on any atom is 0.165 e. The van der Waals surface area contributed by atoms with Crippen LogP contribution < -0.4 is 5.32 Å². The van der Waals surface area contributed by atoms with Gasteiger partial charge in [0.2, 0.25) is 0 Å². The number of hydrogen-bond acceptors (Lipinski definition) is 3. The van der Waals surface area contributed by atoms with E-state index in [-0.39, 0.29) is 24.8 Å². The van der Waals surface area contributed by atoms with Crippen LogP contribution >= 0.6 is 24.8 Å². The van der Waals surface area contributed by atoms with Crippen LogP contribution in [0.5, 0.6) is 5.75 Å². The predicted molar refractivity (Wildman–Crippen MR) is 75.7 cm³/mol. The Bertz CT molecular complexity index is 390.